The topological polar surface area (TPSA) is 176 Å². The maximum Gasteiger partial charge on any atom is 0.509 e. The Labute approximate surface area is 353 Å². The lowest BCUT2D eigenvalue weighted by molar-refractivity contribution is -0.148. The minimum atomic E-state index is -1.27. The fraction of sp³-hybridized carbons (Fsp3) is 0.277. The summed E-state index contributed by atoms with van der Waals surface area (Å²) in [6.07, 6.45) is 0.414. The van der Waals surface area contributed by atoms with Crippen molar-refractivity contribution in [3.8, 4) is 23.0 Å². The van der Waals surface area contributed by atoms with Gasteiger partial charge >= 0.3 is 24.2 Å². The Kier molecular flexibility index (Phi) is 17.8. The van der Waals surface area contributed by atoms with Crippen LogP contribution in [0.3, 0.4) is 0 Å². The zero-order valence-corrected chi connectivity index (χ0v) is 34.7. The first kappa shape index (κ1) is 46.5. The number of carbonyl (C=O) groups is 6. The number of ether oxygens (including phenoxy) is 8. The fourth-order valence-electron chi connectivity index (χ4n) is 5.37. The number of esters is 2. The van der Waals surface area contributed by atoms with E-state index in [0.717, 1.165) is 11.1 Å². The number of allylic oxidation sites excluding steroid dienone is 2. The molecule has 0 aromatic heterocycles. The SMILES string of the molecule is COc1cc(/C=C/C(=O)CC(=O)/C=C/c2ccc(OC(=O)[C@@H](OC(=O)OCc3ccccc3)C(C)C)c(OC)c2)ccc1OC(=O)[C@@H](OC(=O)OCc1ccccc1)C(C)C. The number of rotatable bonds is 20. The lowest BCUT2D eigenvalue weighted by atomic mass is 10.1. The van der Waals surface area contributed by atoms with Crippen LogP contribution in [0.25, 0.3) is 12.2 Å². The Morgan fingerprint density at radius 3 is 1.23 bits per heavy atom. The van der Waals surface area contributed by atoms with Gasteiger partial charge in [0.05, 0.1) is 20.6 Å². The van der Waals surface area contributed by atoms with Crippen LogP contribution in [0.5, 0.6) is 23.0 Å². The maximum absolute atomic E-state index is 13.0. The molecule has 0 saturated heterocycles. The van der Waals surface area contributed by atoms with Gasteiger partial charge in [0.25, 0.3) is 0 Å². The summed E-state index contributed by atoms with van der Waals surface area (Å²) in [4.78, 5) is 76.1. The summed E-state index contributed by atoms with van der Waals surface area (Å²) in [6.45, 7) is 6.69. The van der Waals surface area contributed by atoms with Crippen LogP contribution in [-0.4, -0.2) is 62.2 Å². The summed E-state index contributed by atoms with van der Waals surface area (Å²) < 4.78 is 42.7. The van der Waals surface area contributed by atoms with E-state index in [2.05, 4.69) is 0 Å². The van der Waals surface area contributed by atoms with E-state index >= 15 is 0 Å². The van der Waals surface area contributed by atoms with Crippen molar-refractivity contribution >= 4 is 48.0 Å². The van der Waals surface area contributed by atoms with Crippen molar-refractivity contribution in [1.29, 1.82) is 0 Å². The van der Waals surface area contributed by atoms with Crippen LogP contribution in [0.4, 0.5) is 9.59 Å². The third-order valence-electron chi connectivity index (χ3n) is 8.59. The molecule has 0 bridgehead atoms. The lowest BCUT2D eigenvalue weighted by Crippen LogP contribution is -2.35. The number of carbonyl (C=O) groups excluding carboxylic acids is 6. The van der Waals surface area contributed by atoms with Gasteiger partial charge in [-0.25, -0.2) is 19.2 Å². The van der Waals surface area contributed by atoms with E-state index < -0.39 is 66.3 Å². The molecule has 0 radical (unpaired) electrons. The Bertz CT molecular complexity index is 2040. The minimum Gasteiger partial charge on any atom is -0.493 e. The summed E-state index contributed by atoms with van der Waals surface area (Å²) in [6, 6.07) is 27.1. The predicted octanol–water partition coefficient (Wildman–Crippen LogP) is 8.53. The summed E-state index contributed by atoms with van der Waals surface area (Å²) in [5.41, 5.74) is 2.52. The first-order chi connectivity index (χ1) is 29.3. The third-order valence-corrected chi connectivity index (χ3v) is 8.59. The highest BCUT2D eigenvalue weighted by Crippen LogP contribution is 2.31. The van der Waals surface area contributed by atoms with Gasteiger partial charge < -0.3 is 37.9 Å². The summed E-state index contributed by atoms with van der Waals surface area (Å²) in [7, 11) is 2.74. The molecular weight excluding hydrogens is 789 g/mol. The van der Waals surface area contributed by atoms with E-state index in [-0.39, 0.29) is 36.2 Å². The molecule has 4 aromatic carbocycles. The predicted molar refractivity (Wildman–Crippen MR) is 223 cm³/mol. The van der Waals surface area contributed by atoms with Crippen LogP contribution in [0.2, 0.25) is 0 Å². The molecule has 4 aromatic rings. The zero-order valence-electron chi connectivity index (χ0n) is 34.7. The van der Waals surface area contributed by atoms with Crippen LogP contribution in [0, 0.1) is 11.8 Å². The van der Waals surface area contributed by atoms with Crippen LogP contribution in [0.15, 0.2) is 109 Å². The molecule has 0 fully saturated rings. The number of hydrogen-bond acceptors (Lipinski definition) is 14. The number of hydrogen-bond donors (Lipinski definition) is 0. The average molecular weight is 837 g/mol. The standard InChI is InChI=1S/C47H48O14/c1-30(2)42(60-46(52)56-28-34-13-9-7-10-14-34)44(50)58-38-23-19-32(25-40(38)54-5)17-21-36(48)27-37(49)22-18-33-20-24-39(41(26-33)55-6)59-45(51)43(31(3)4)61-47(53)57-29-35-15-11-8-12-16-35/h7-26,30-31,42-43H,27-29H2,1-6H3/b21-17+,22-18+/t42-,43-/m0/s1. The van der Waals surface area contributed by atoms with Crippen molar-refractivity contribution in [1.82, 2.24) is 0 Å². The molecule has 0 amide bonds. The number of benzene rings is 4. The summed E-state index contributed by atoms with van der Waals surface area (Å²) in [5.74, 6) is -3.08. The van der Waals surface area contributed by atoms with E-state index in [0.29, 0.717) is 11.1 Å². The van der Waals surface area contributed by atoms with Crippen LogP contribution < -0.4 is 18.9 Å². The second-order valence-electron chi connectivity index (χ2n) is 14.1. The molecule has 0 N–H and O–H groups in total. The number of ketones is 2. The molecule has 2 atom stereocenters. The molecule has 4 rings (SSSR count). The fourth-order valence-corrected chi connectivity index (χ4v) is 5.37. The van der Waals surface area contributed by atoms with E-state index in [1.54, 1.807) is 88.4 Å². The molecule has 14 nitrogen and oxygen atoms in total. The van der Waals surface area contributed by atoms with Crippen molar-refractivity contribution in [3.05, 3.63) is 131 Å². The van der Waals surface area contributed by atoms with Crippen molar-refractivity contribution in [2.24, 2.45) is 11.8 Å². The van der Waals surface area contributed by atoms with Gasteiger partial charge in [-0.3, -0.25) is 9.59 Å². The van der Waals surface area contributed by atoms with Crippen LogP contribution in [-0.2, 0) is 51.3 Å². The van der Waals surface area contributed by atoms with Crippen molar-refractivity contribution < 1.29 is 66.7 Å². The highest BCUT2D eigenvalue weighted by atomic mass is 16.7. The molecule has 0 saturated carbocycles. The first-order valence-electron chi connectivity index (χ1n) is 19.2. The van der Waals surface area contributed by atoms with Crippen LogP contribution in [0.1, 0.15) is 56.4 Å². The minimum absolute atomic E-state index is 0.0294. The highest BCUT2D eigenvalue weighted by Gasteiger charge is 2.31. The van der Waals surface area contributed by atoms with Crippen molar-refractivity contribution in [2.75, 3.05) is 14.2 Å². The van der Waals surface area contributed by atoms with E-state index in [1.807, 2.05) is 12.1 Å². The molecule has 0 aliphatic rings. The van der Waals surface area contributed by atoms with Gasteiger partial charge in [0, 0.05) is 11.8 Å². The summed E-state index contributed by atoms with van der Waals surface area (Å²) in [5, 5.41) is 0. The Hall–Kier alpha value is -7.22. The Morgan fingerprint density at radius 1 is 0.508 bits per heavy atom. The molecule has 320 valence electrons. The second kappa shape index (κ2) is 23.4. The normalized spacial score (nSPS) is 12.1. The Morgan fingerprint density at radius 2 is 0.885 bits per heavy atom. The largest absolute Gasteiger partial charge is 0.509 e. The van der Waals surface area contributed by atoms with E-state index in [9.17, 15) is 28.8 Å². The van der Waals surface area contributed by atoms with Gasteiger partial charge in [0.1, 0.15) is 13.2 Å². The zero-order chi connectivity index (χ0) is 44.3. The van der Waals surface area contributed by atoms with Gasteiger partial charge in [0.15, 0.2) is 34.6 Å². The quantitative estimate of drug-likeness (QED) is 0.0358. The highest BCUT2D eigenvalue weighted by molar-refractivity contribution is 6.11. The molecule has 14 heteroatoms. The van der Waals surface area contributed by atoms with Gasteiger partial charge in [-0.05, 0) is 58.7 Å². The smallest absolute Gasteiger partial charge is 0.493 e. The van der Waals surface area contributed by atoms with Crippen LogP contribution >= 0.6 is 0 Å². The first-order valence-corrected chi connectivity index (χ1v) is 19.2. The molecule has 0 aliphatic carbocycles. The Balaban J connectivity index is 1.29. The monoisotopic (exact) mass is 836 g/mol. The van der Waals surface area contributed by atoms with Gasteiger partial charge in [0.2, 0.25) is 12.2 Å². The van der Waals surface area contributed by atoms with Gasteiger partial charge in [-0.2, -0.15) is 0 Å². The molecule has 61 heavy (non-hydrogen) atoms. The molecule has 0 unspecified atom stereocenters. The molecule has 0 heterocycles. The average Bonchev–Trinajstić information content (AvgIpc) is 3.25. The molecule has 0 aliphatic heterocycles. The lowest BCUT2D eigenvalue weighted by Gasteiger charge is -2.20. The van der Waals surface area contributed by atoms with Crippen molar-refractivity contribution in [2.45, 2.75) is 59.5 Å². The van der Waals surface area contributed by atoms with E-state index in [4.69, 9.17) is 37.9 Å². The maximum atomic E-state index is 13.0. The van der Waals surface area contributed by atoms with Crippen molar-refractivity contribution in [3.63, 3.8) is 0 Å². The third kappa shape index (κ3) is 15.2. The van der Waals surface area contributed by atoms with Gasteiger partial charge in [-0.15, -0.1) is 0 Å². The van der Waals surface area contributed by atoms with Gasteiger partial charge in [-0.1, -0.05) is 113 Å². The number of methoxy groups -OCH3 is 2. The molecule has 0 spiro atoms. The molecular formula is C47H48O14. The second-order valence-corrected chi connectivity index (χ2v) is 14.1. The summed E-state index contributed by atoms with van der Waals surface area (Å²) >= 11 is 0. The van der Waals surface area contributed by atoms with E-state index in [1.165, 1.54) is 62.8 Å².